The van der Waals surface area contributed by atoms with Crippen LogP contribution in [0.25, 0.3) is 0 Å². The molecule has 4 heteroatoms. The maximum Gasteiger partial charge on any atom is 0.128 e. The van der Waals surface area contributed by atoms with Crippen LogP contribution >= 0.6 is 11.6 Å². The average molecular weight is 244 g/mol. The van der Waals surface area contributed by atoms with Gasteiger partial charge in [-0.2, -0.15) is 0 Å². The van der Waals surface area contributed by atoms with Gasteiger partial charge in [-0.1, -0.05) is 50.4 Å². The van der Waals surface area contributed by atoms with Crippen molar-refractivity contribution in [3.8, 4) is 0 Å². The highest BCUT2D eigenvalue weighted by Crippen LogP contribution is 2.18. The molecule has 1 aromatic rings. The van der Waals surface area contributed by atoms with Crippen LogP contribution in [0, 0.1) is 0 Å². The fraction of sp³-hybridized carbons (Fsp3) is 0.500. The van der Waals surface area contributed by atoms with Crippen molar-refractivity contribution in [3.05, 3.63) is 23.5 Å². The minimum Gasteiger partial charge on any atom is -0.245 e. The lowest BCUT2D eigenvalue weighted by atomic mass is 10.5. The van der Waals surface area contributed by atoms with E-state index in [1.165, 1.54) is 5.19 Å². The Balaban J connectivity index is 3.10. The van der Waals surface area contributed by atoms with Gasteiger partial charge in [0.25, 0.3) is 0 Å². The van der Waals surface area contributed by atoms with E-state index in [1.807, 2.05) is 12.3 Å². The van der Waals surface area contributed by atoms with Crippen molar-refractivity contribution in [2.45, 2.75) is 32.7 Å². The fourth-order valence-electron chi connectivity index (χ4n) is 1.18. The van der Waals surface area contributed by atoms with E-state index >= 15 is 0 Å². The summed E-state index contributed by atoms with van der Waals surface area (Å²) in [6.45, 7) is 12.2. The molecule has 1 aromatic heterocycles. The molecule has 0 fully saturated rings. The molecule has 0 aliphatic rings. The van der Waals surface area contributed by atoms with E-state index in [-0.39, 0.29) is 0 Å². The number of pyridine rings is 1. The molecule has 14 heavy (non-hydrogen) atoms. The van der Waals surface area contributed by atoms with Gasteiger partial charge in [0, 0.05) is 13.8 Å². The second kappa shape index (κ2) is 3.79. The van der Waals surface area contributed by atoms with E-state index in [4.69, 9.17) is 11.6 Å². The lowest BCUT2D eigenvalue weighted by Gasteiger charge is -2.35. The Bertz CT molecular complexity index is 314. The summed E-state index contributed by atoms with van der Waals surface area (Å²) in [5, 5.41) is 2.02. The second-order valence-electron chi connectivity index (χ2n) is 5.24. The molecular weight excluding hydrogens is 226 g/mol. The molecule has 1 rings (SSSR count). The van der Waals surface area contributed by atoms with Gasteiger partial charge in [-0.3, -0.25) is 0 Å². The Kier molecular flexibility index (Phi) is 3.24. The molecular formula is C10H18ClNSi2. The molecule has 0 atom stereocenters. The average Bonchev–Trinajstić information content (AvgIpc) is 2.03. The minimum atomic E-state index is -1.29. The Morgan fingerprint density at radius 1 is 1.07 bits per heavy atom. The third-order valence-corrected chi connectivity index (χ3v) is 21.2. The van der Waals surface area contributed by atoms with E-state index in [9.17, 15) is 0 Å². The summed E-state index contributed by atoms with van der Waals surface area (Å²) in [4.78, 5) is 4.18. The number of aromatic nitrogens is 1. The molecule has 0 radical (unpaired) electrons. The van der Waals surface area contributed by atoms with Crippen LogP contribution in [0.2, 0.25) is 37.9 Å². The quantitative estimate of drug-likeness (QED) is 0.575. The molecule has 0 spiro atoms. The highest BCUT2D eigenvalue weighted by atomic mass is 35.5. The van der Waals surface area contributed by atoms with Crippen LogP contribution in [-0.4, -0.2) is 20.2 Å². The number of hydrogen-bond donors (Lipinski definition) is 0. The predicted molar refractivity (Wildman–Crippen MR) is 69.7 cm³/mol. The van der Waals surface area contributed by atoms with Crippen LogP contribution in [0.15, 0.2) is 18.3 Å². The van der Waals surface area contributed by atoms with Gasteiger partial charge in [-0.15, -0.1) is 0 Å². The van der Waals surface area contributed by atoms with Gasteiger partial charge < -0.3 is 0 Å². The smallest absolute Gasteiger partial charge is 0.128 e. The summed E-state index contributed by atoms with van der Waals surface area (Å²) < 4.78 is 0. The SMILES string of the molecule is C[Si](C)(C)[Si](C)(C)c1ccc(Cl)nc1. The minimum absolute atomic E-state index is 0.592. The van der Waals surface area contributed by atoms with Crippen LogP contribution in [0.4, 0.5) is 0 Å². The number of rotatable bonds is 2. The Labute approximate surface area is 93.3 Å². The monoisotopic (exact) mass is 243 g/mol. The molecule has 0 unspecified atom stereocenters. The van der Waals surface area contributed by atoms with Crippen LogP contribution in [-0.2, 0) is 0 Å². The molecule has 0 aliphatic heterocycles. The Hall–Kier alpha value is -0.126. The van der Waals surface area contributed by atoms with Gasteiger partial charge in [0.1, 0.15) is 5.15 Å². The van der Waals surface area contributed by atoms with Crippen molar-refractivity contribution in [1.82, 2.24) is 4.98 Å². The maximum absolute atomic E-state index is 5.79. The zero-order valence-corrected chi connectivity index (χ0v) is 12.3. The van der Waals surface area contributed by atoms with Gasteiger partial charge in [0.05, 0.1) is 7.59 Å². The van der Waals surface area contributed by atoms with E-state index < -0.39 is 15.2 Å². The second-order valence-corrected chi connectivity index (χ2v) is 22.2. The highest BCUT2D eigenvalue weighted by Gasteiger charge is 2.38. The van der Waals surface area contributed by atoms with Gasteiger partial charge in [0.15, 0.2) is 0 Å². The van der Waals surface area contributed by atoms with Gasteiger partial charge in [0.2, 0.25) is 0 Å². The van der Waals surface area contributed by atoms with Crippen molar-refractivity contribution < 1.29 is 0 Å². The zero-order valence-electron chi connectivity index (χ0n) is 9.56. The van der Waals surface area contributed by atoms with Crippen LogP contribution < -0.4 is 5.19 Å². The largest absolute Gasteiger partial charge is 0.245 e. The fourth-order valence-corrected chi connectivity index (χ4v) is 6.09. The van der Waals surface area contributed by atoms with Crippen molar-refractivity contribution in [1.29, 1.82) is 0 Å². The standard InChI is InChI=1S/C10H18ClNSi2/c1-13(2,3)14(4,5)9-6-7-10(11)12-8-9/h6-8H,1-5H3. The first-order valence-corrected chi connectivity index (χ1v) is 12.7. The zero-order chi connectivity index (χ0) is 11.0. The molecule has 1 heterocycles. The van der Waals surface area contributed by atoms with E-state index in [1.54, 1.807) is 0 Å². The molecule has 0 aliphatic carbocycles. The van der Waals surface area contributed by atoms with Crippen molar-refractivity contribution in [2.75, 3.05) is 0 Å². The van der Waals surface area contributed by atoms with E-state index in [2.05, 4.69) is 43.8 Å². The predicted octanol–water partition coefficient (Wildman–Crippen LogP) is 3.07. The summed E-state index contributed by atoms with van der Waals surface area (Å²) in [6, 6.07) is 4.06. The summed E-state index contributed by atoms with van der Waals surface area (Å²) in [5.74, 6) is 0. The van der Waals surface area contributed by atoms with E-state index in [0.29, 0.717) is 5.15 Å². The summed E-state index contributed by atoms with van der Waals surface area (Å²) in [5.41, 5.74) is 0. The van der Waals surface area contributed by atoms with Crippen molar-refractivity contribution in [3.63, 3.8) is 0 Å². The molecule has 0 saturated heterocycles. The molecule has 0 amide bonds. The number of halogens is 1. The van der Waals surface area contributed by atoms with Crippen LogP contribution in [0.3, 0.4) is 0 Å². The van der Waals surface area contributed by atoms with Crippen LogP contribution in [0.1, 0.15) is 0 Å². The molecule has 0 N–H and O–H groups in total. The Morgan fingerprint density at radius 2 is 1.64 bits per heavy atom. The van der Waals surface area contributed by atoms with Crippen LogP contribution in [0.5, 0.6) is 0 Å². The normalized spacial score (nSPS) is 13.0. The molecule has 78 valence electrons. The molecule has 0 bridgehead atoms. The van der Waals surface area contributed by atoms with Crippen molar-refractivity contribution >= 4 is 32.0 Å². The third-order valence-electron chi connectivity index (χ3n) is 3.32. The summed E-state index contributed by atoms with van der Waals surface area (Å²) in [7, 11) is -2.37. The number of hydrogen-bond acceptors (Lipinski definition) is 1. The first-order chi connectivity index (χ1) is 6.25. The van der Waals surface area contributed by atoms with Gasteiger partial charge >= 0.3 is 0 Å². The first kappa shape index (κ1) is 11.9. The summed E-state index contributed by atoms with van der Waals surface area (Å²) >= 11 is 5.79. The van der Waals surface area contributed by atoms with Crippen molar-refractivity contribution in [2.24, 2.45) is 0 Å². The third kappa shape index (κ3) is 2.27. The van der Waals surface area contributed by atoms with E-state index in [0.717, 1.165) is 0 Å². The van der Waals surface area contributed by atoms with Gasteiger partial charge in [-0.25, -0.2) is 4.98 Å². The Morgan fingerprint density at radius 3 is 2.00 bits per heavy atom. The number of nitrogens with zero attached hydrogens (tertiary/aromatic N) is 1. The molecule has 1 nitrogen and oxygen atoms in total. The highest BCUT2D eigenvalue weighted by molar-refractivity contribution is 7.45. The molecule has 0 aromatic carbocycles. The van der Waals surface area contributed by atoms with Gasteiger partial charge in [-0.05, 0) is 11.3 Å². The lowest BCUT2D eigenvalue weighted by Crippen LogP contribution is -2.61. The summed E-state index contributed by atoms with van der Waals surface area (Å²) in [6.07, 6.45) is 1.97. The molecule has 0 saturated carbocycles. The first-order valence-electron chi connectivity index (χ1n) is 4.87. The maximum atomic E-state index is 5.79. The topological polar surface area (TPSA) is 12.9 Å². The lowest BCUT2D eigenvalue weighted by molar-refractivity contribution is 1.34.